The van der Waals surface area contributed by atoms with Crippen LogP contribution in [0.1, 0.15) is 56.9 Å². The molecule has 0 N–H and O–H groups in total. The van der Waals surface area contributed by atoms with Gasteiger partial charge in [-0.3, -0.25) is 4.79 Å². The summed E-state index contributed by atoms with van der Waals surface area (Å²) in [5, 5.41) is 11.6. The maximum atomic E-state index is 12.7. The molecule has 3 unspecified atom stereocenters. The normalized spacial score (nSPS) is 23.0. The number of hydrogen-bond acceptors (Lipinski definition) is 5. The molecule has 1 saturated carbocycles. The number of aryl methyl sites for hydroxylation is 1. The number of carbonyl (C=O) groups is 2. The number of hydrogen-bond donors (Lipinski definition) is 0. The zero-order valence-corrected chi connectivity index (χ0v) is 24.4. The number of carboxylic acid groups (broad SMARTS) is 1. The van der Waals surface area contributed by atoms with E-state index in [1.165, 1.54) is 11.3 Å². The zero-order chi connectivity index (χ0) is 21.6. The molecule has 166 valence electrons. The second-order valence-corrected chi connectivity index (χ2v) is 11.3. The van der Waals surface area contributed by atoms with Crippen LogP contribution in [0.3, 0.4) is 0 Å². The molecule has 2 fully saturated rings. The van der Waals surface area contributed by atoms with Gasteiger partial charge in [-0.15, -0.1) is 0 Å². The molecule has 1 aliphatic heterocycles. The van der Waals surface area contributed by atoms with E-state index in [-0.39, 0.29) is 71.2 Å². The van der Waals surface area contributed by atoms with Crippen LogP contribution in [-0.2, 0) is 20.6 Å². The minimum Gasteiger partial charge on any atom is -0.799 e. The third kappa shape index (κ3) is 9.19. The van der Waals surface area contributed by atoms with Crippen molar-refractivity contribution in [2.75, 3.05) is 18.9 Å². The van der Waals surface area contributed by atoms with Crippen LogP contribution in [0, 0.1) is 11.8 Å². The molecule has 3 rings (SSSR count). The van der Waals surface area contributed by atoms with Gasteiger partial charge < -0.3 is 24.3 Å². The molecule has 32 heavy (non-hydrogen) atoms. The Morgan fingerprint density at radius 2 is 1.66 bits per heavy atom. The van der Waals surface area contributed by atoms with E-state index in [0.29, 0.717) is 25.3 Å². The Labute approximate surface area is 235 Å². The molecule has 0 bridgehead atoms. The van der Waals surface area contributed by atoms with E-state index in [2.05, 4.69) is 0 Å². The summed E-state index contributed by atoms with van der Waals surface area (Å²) in [5.41, 5.74) is 1.16. The van der Waals surface area contributed by atoms with E-state index in [1.54, 1.807) is 0 Å². The second kappa shape index (κ2) is 14.7. The number of carboxylic acids is 1. The first-order valence-corrected chi connectivity index (χ1v) is 13.2. The van der Waals surface area contributed by atoms with Crippen molar-refractivity contribution < 1.29 is 83.3 Å². The number of carbonyl (C=O) groups excluding carboxylic acids is 2. The Morgan fingerprint density at radius 3 is 2.28 bits per heavy atom. The van der Waals surface area contributed by atoms with Crippen molar-refractivity contribution >= 4 is 19.2 Å². The molecule has 1 heterocycles. The first-order valence-electron chi connectivity index (χ1n) is 11.2. The van der Waals surface area contributed by atoms with E-state index in [9.17, 15) is 24.2 Å². The first-order chi connectivity index (χ1) is 14.4. The number of aliphatic carboxylic acids is 1. The topological polar surface area (TPSA) is 101 Å². The molecule has 0 spiro atoms. The summed E-state index contributed by atoms with van der Waals surface area (Å²) in [4.78, 5) is 38.1. The van der Waals surface area contributed by atoms with Crippen LogP contribution in [0.5, 0.6) is 0 Å². The van der Waals surface area contributed by atoms with Gasteiger partial charge >= 0.3 is 59.1 Å². The fourth-order valence-electron chi connectivity index (χ4n) is 5.02. The van der Waals surface area contributed by atoms with Crippen molar-refractivity contribution in [2.45, 2.75) is 63.8 Å². The molecule has 1 saturated heterocycles. The summed E-state index contributed by atoms with van der Waals surface area (Å²) in [6.45, 7) is 0.343. The van der Waals surface area contributed by atoms with Gasteiger partial charge in [0, 0.05) is 13.9 Å². The SMILES string of the molecule is O=C([O-])C1CC(C2CCCCC2)CN1C(=O)CP(=O)([O-])CCCCc1ccccc1.[Na+].[Na+]. The predicted molar refractivity (Wildman–Crippen MR) is 112 cm³/mol. The Morgan fingerprint density at radius 1 is 1.00 bits per heavy atom. The van der Waals surface area contributed by atoms with E-state index < -0.39 is 31.4 Å². The van der Waals surface area contributed by atoms with Crippen molar-refractivity contribution in [3.8, 4) is 0 Å². The standard InChI is InChI=1S/C23H34NO5P.2Na/c25-22(17-30(28,29)14-8-7-11-18-9-3-1-4-10-18)24-16-20(15-21(24)23(26)27)19-12-5-2-6-13-19;;/h1,3-4,9-10,19-21H,2,5-8,11-17H2,(H,26,27)(H,28,29);;/q;2*+1/p-2. The third-order valence-electron chi connectivity index (χ3n) is 6.68. The minimum absolute atomic E-state index is 0. The Bertz CT molecular complexity index is 773. The Balaban J connectivity index is 0.00000256. The fourth-order valence-corrected chi connectivity index (χ4v) is 6.47. The molecule has 2 aliphatic rings. The van der Waals surface area contributed by atoms with E-state index >= 15 is 0 Å². The molecule has 0 radical (unpaired) electrons. The number of nitrogens with zero attached hydrogens (tertiary/aromatic N) is 1. The monoisotopic (exact) mass is 479 g/mol. The van der Waals surface area contributed by atoms with Crippen LogP contribution >= 0.6 is 7.37 Å². The number of rotatable bonds is 9. The summed E-state index contributed by atoms with van der Waals surface area (Å²) >= 11 is 0. The zero-order valence-electron chi connectivity index (χ0n) is 19.5. The summed E-state index contributed by atoms with van der Waals surface area (Å²) in [6.07, 6.45) is 7.43. The second-order valence-electron chi connectivity index (χ2n) is 8.91. The summed E-state index contributed by atoms with van der Waals surface area (Å²) in [7, 11) is -3.89. The van der Waals surface area contributed by atoms with Crippen LogP contribution in [0.4, 0.5) is 0 Å². The van der Waals surface area contributed by atoms with Gasteiger partial charge in [-0.05, 0) is 49.2 Å². The van der Waals surface area contributed by atoms with Crippen molar-refractivity contribution in [1.82, 2.24) is 4.90 Å². The quantitative estimate of drug-likeness (QED) is 0.206. The van der Waals surface area contributed by atoms with Gasteiger partial charge in [-0.25, -0.2) is 0 Å². The van der Waals surface area contributed by atoms with Gasteiger partial charge in [0.25, 0.3) is 0 Å². The van der Waals surface area contributed by atoms with Crippen molar-refractivity contribution in [3.05, 3.63) is 35.9 Å². The van der Waals surface area contributed by atoms with Gasteiger partial charge in [0.05, 0.1) is 18.2 Å². The van der Waals surface area contributed by atoms with Crippen LogP contribution < -0.4 is 69.1 Å². The molecule has 1 aromatic carbocycles. The molecule has 6 nitrogen and oxygen atoms in total. The van der Waals surface area contributed by atoms with Gasteiger partial charge in [-0.1, -0.05) is 62.4 Å². The molecule has 3 atom stereocenters. The van der Waals surface area contributed by atoms with Gasteiger partial charge in [0.15, 0.2) is 0 Å². The number of likely N-dealkylation sites (tertiary alicyclic amines) is 1. The van der Waals surface area contributed by atoms with E-state index in [0.717, 1.165) is 44.1 Å². The molecule has 0 aromatic heterocycles. The average molecular weight is 479 g/mol. The Kier molecular flexibility index (Phi) is 13.9. The van der Waals surface area contributed by atoms with Crippen LogP contribution in [-0.4, -0.2) is 41.7 Å². The maximum Gasteiger partial charge on any atom is 1.00 e. The fraction of sp³-hybridized carbons (Fsp3) is 0.652. The summed E-state index contributed by atoms with van der Waals surface area (Å²) < 4.78 is 12.5. The van der Waals surface area contributed by atoms with Gasteiger partial charge in [-0.2, -0.15) is 0 Å². The smallest absolute Gasteiger partial charge is 0.799 e. The predicted octanol–water partition coefficient (Wildman–Crippen LogP) is -3.80. The van der Waals surface area contributed by atoms with Gasteiger partial charge in [0.2, 0.25) is 5.91 Å². The molecular weight excluding hydrogens is 447 g/mol. The molecule has 1 aromatic rings. The molecular formula is C23H32NNa2O5P. The van der Waals surface area contributed by atoms with E-state index in [4.69, 9.17) is 0 Å². The third-order valence-corrected chi connectivity index (χ3v) is 8.43. The van der Waals surface area contributed by atoms with Crippen LogP contribution in [0.2, 0.25) is 0 Å². The van der Waals surface area contributed by atoms with Crippen molar-refractivity contribution in [2.24, 2.45) is 11.8 Å². The Hall–Kier alpha value is 0.350. The summed E-state index contributed by atoms with van der Waals surface area (Å²) in [5.74, 6) is -1.29. The average Bonchev–Trinajstić information content (AvgIpc) is 3.19. The first kappa shape index (κ1) is 30.4. The largest absolute Gasteiger partial charge is 1.00 e. The van der Waals surface area contributed by atoms with Crippen molar-refractivity contribution in [3.63, 3.8) is 0 Å². The number of unbranched alkanes of at least 4 members (excludes halogenated alkanes) is 1. The van der Waals surface area contributed by atoms with Gasteiger partial charge in [0.1, 0.15) is 0 Å². The number of amides is 1. The maximum absolute atomic E-state index is 12.7. The molecule has 1 aliphatic carbocycles. The summed E-state index contributed by atoms with van der Waals surface area (Å²) in [6, 6.07) is 8.88. The van der Waals surface area contributed by atoms with Crippen LogP contribution in [0.25, 0.3) is 0 Å². The van der Waals surface area contributed by atoms with E-state index in [1.807, 2.05) is 30.3 Å². The van der Waals surface area contributed by atoms with Crippen LogP contribution in [0.15, 0.2) is 30.3 Å². The van der Waals surface area contributed by atoms with Crippen molar-refractivity contribution in [1.29, 1.82) is 0 Å². The molecule has 1 amide bonds. The minimum atomic E-state index is -3.89. The number of benzene rings is 1. The molecule has 9 heteroatoms.